The van der Waals surface area contributed by atoms with Gasteiger partial charge < -0.3 is 18.9 Å². The number of allylic oxidation sites excluding steroid dienone is 1. The number of hydrogen-bond acceptors (Lipinski definition) is 6. The molecule has 0 aliphatic rings. The fourth-order valence-electron chi connectivity index (χ4n) is 2.64. The van der Waals surface area contributed by atoms with Crippen LogP contribution in [-0.2, 0) is 9.53 Å². The molecule has 0 aliphatic carbocycles. The zero-order valence-electron chi connectivity index (χ0n) is 20.2. The summed E-state index contributed by atoms with van der Waals surface area (Å²) < 4.78 is 22.0. The van der Waals surface area contributed by atoms with Gasteiger partial charge in [0.1, 0.15) is 17.2 Å². The van der Waals surface area contributed by atoms with E-state index < -0.39 is 5.41 Å². The number of benzene rings is 2. The first-order valence-corrected chi connectivity index (χ1v) is 11.3. The smallest absolute Gasteiger partial charge is 0.314 e. The van der Waals surface area contributed by atoms with Gasteiger partial charge in [0.2, 0.25) is 6.79 Å². The fourth-order valence-corrected chi connectivity index (χ4v) is 2.64. The second-order valence-corrected chi connectivity index (χ2v) is 8.56. The number of ether oxygens (including phenoxy) is 4. The second kappa shape index (κ2) is 12.7. The lowest BCUT2D eigenvalue weighted by Gasteiger charge is -2.16. The average molecular weight is 455 g/mol. The topological polar surface area (TPSA) is 71.1 Å². The SMILES string of the molecule is CCCOc1ccc(C=CC(=O)c2ccc(OCOC(=O)C(C)(C)C)cc2)c(OCCC)c1. The van der Waals surface area contributed by atoms with Crippen LogP contribution < -0.4 is 14.2 Å². The van der Waals surface area contributed by atoms with Gasteiger partial charge in [-0.2, -0.15) is 0 Å². The highest BCUT2D eigenvalue weighted by atomic mass is 16.7. The molecule has 2 aromatic rings. The van der Waals surface area contributed by atoms with Crippen molar-refractivity contribution >= 4 is 17.8 Å². The molecule has 6 heteroatoms. The van der Waals surface area contributed by atoms with Gasteiger partial charge in [0.25, 0.3) is 0 Å². The number of carbonyl (C=O) groups excluding carboxylic acids is 2. The Morgan fingerprint density at radius 3 is 2.12 bits per heavy atom. The molecule has 0 N–H and O–H groups in total. The monoisotopic (exact) mass is 454 g/mol. The summed E-state index contributed by atoms with van der Waals surface area (Å²) in [5.41, 5.74) is 0.737. The third kappa shape index (κ3) is 8.64. The molecule has 0 aliphatic heterocycles. The Balaban J connectivity index is 2.01. The van der Waals surface area contributed by atoms with E-state index in [1.807, 2.05) is 25.1 Å². The van der Waals surface area contributed by atoms with Crippen molar-refractivity contribution in [3.8, 4) is 17.2 Å². The molecular formula is C27H34O6. The molecule has 0 heterocycles. The summed E-state index contributed by atoms with van der Waals surface area (Å²) in [6, 6.07) is 12.3. The van der Waals surface area contributed by atoms with Gasteiger partial charge in [0.05, 0.1) is 18.6 Å². The molecule has 0 unspecified atom stereocenters. The third-order valence-corrected chi connectivity index (χ3v) is 4.50. The van der Waals surface area contributed by atoms with Gasteiger partial charge in [-0.3, -0.25) is 9.59 Å². The number of carbonyl (C=O) groups is 2. The molecule has 0 radical (unpaired) electrons. The highest BCUT2D eigenvalue weighted by Gasteiger charge is 2.23. The van der Waals surface area contributed by atoms with Crippen LogP contribution in [0.3, 0.4) is 0 Å². The van der Waals surface area contributed by atoms with E-state index in [0.29, 0.717) is 30.3 Å². The molecule has 2 rings (SSSR count). The lowest BCUT2D eigenvalue weighted by Crippen LogP contribution is -2.24. The van der Waals surface area contributed by atoms with Crippen LogP contribution in [0.15, 0.2) is 48.5 Å². The van der Waals surface area contributed by atoms with Crippen molar-refractivity contribution in [1.82, 2.24) is 0 Å². The third-order valence-electron chi connectivity index (χ3n) is 4.50. The van der Waals surface area contributed by atoms with Gasteiger partial charge in [-0.15, -0.1) is 0 Å². The molecule has 6 nitrogen and oxygen atoms in total. The van der Waals surface area contributed by atoms with Crippen LogP contribution in [0, 0.1) is 5.41 Å². The van der Waals surface area contributed by atoms with Gasteiger partial charge in [-0.1, -0.05) is 13.8 Å². The molecule has 0 spiro atoms. The minimum atomic E-state index is -0.587. The van der Waals surface area contributed by atoms with E-state index in [-0.39, 0.29) is 18.5 Å². The van der Waals surface area contributed by atoms with Crippen LogP contribution in [0.1, 0.15) is 63.4 Å². The molecule has 0 fully saturated rings. The second-order valence-electron chi connectivity index (χ2n) is 8.56. The summed E-state index contributed by atoms with van der Waals surface area (Å²) >= 11 is 0. The first kappa shape index (κ1) is 26.0. The summed E-state index contributed by atoms with van der Waals surface area (Å²) in [5.74, 6) is 1.45. The molecule has 33 heavy (non-hydrogen) atoms. The first-order valence-electron chi connectivity index (χ1n) is 11.3. The van der Waals surface area contributed by atoms with Crippen LogP contribution in [0.5, 0.6) is 17.2 Å². The van der Waals surface area contributed by atoms with Crippen molar-refractivity contribution in [2.75, 3.05) is 20.0 Å². The van der Waals surface area contributed by atoms with Crippen LogP contribution in [0.25, 0.3) is 6.08 Å². The van der Waals surface area contributed by atoms with E-state index in [2.05, 4.69) is 6.92 Å². The quantitative estimate of drug-likeness (QED) is 0.167. The lowest BCUT2D eigenvalue weighted by atomic mass is 9.98. The van der Waals surface area contributed by atoms with E-state index in [1.54, 1.807) is 51.1 Å². The Kier molecular flexibility index (Phi) is 9.98. The summed E-state index contributed by atoms with van der Waals surface area (Å²) in [5, 5.41) is 0. The number of ketones is 1. The fraction of sp³-hybridized carbons (Fsp3) is 0.407. The van der Waals surface area contributed by atoms with Crippen molar-refractivity contribution in [3.05, 3.63) is 59.7 Å². The zero-order chi connectivity index (χ0) is 24.3. The Hall–Kier alpha value is -3.28. The Bertz CT molecular complexity index is 938. The van der Waals surface area contributed by atoms with Crippen LogP contribution in [-0.4, -0.2) is 31.8 Å². The predicted octanol–water partition coefficient (Wildman–Crippen LogP) is 6.09. The first-order chi connectivity index (χ1) is 15.7. The van der Waals surface area contributed by atoms with E-state index in [1.165, 1.54) is 6.08 Å². The van der Waals surface area contributed by atoms with Crippen molar-refractivity contribution in [2.24, 2.45) is 5.41 Å². The average Bonchev–Trinajstić information content (AvgIpc) is 2.80. The van der Waals surface area contributed by atoms with Crippen molar-refractivity contribution < 1.29 is 28.5 Å². The van der Waals surface area contributed by atoms with Crippen LogP contribution in [0.2, 0.25) is 0 Å². The van der Waals surface area contributed by atoms with E-state index in [0.717, 1.165) is 24.2 Å². The van der Waals surface area contributed by atoms with Crippen molar-refractivity contribution in [3.63, 3.8) is 0 Å². The molecule has 0 saturated carbocycles. The van der Waals surface area contributed by atoms with E-state index in [4.69, 9.17) is 18.9 Å². The molecule has 2 aromatic carbocycles. The van der Waals surface area contributed by atoms with E-state index >= 15 is 0 Å². The van der Waals surface area contributed by atoms with E-state index in [9.17, 15) is 9.59 Å². The van der Waals surface area contributed by atoms with Gasteiger partial charge in [0, 0.05) is 17.2 Å². The number of esters is 1. The maximum atomic E-state index is 12.6. The van der Waals surface area contributed by atoms with Gasteiger partial charge >= 0.3 is 5.97 Å². The highest BCUT2D eigenvalue weighted by Crippen LogP contribution is 2.27. The zero-order valence-corrected chi connectivity index (χ0v) is 20.2. The molecule has 0 bridgehead atoms. The summed E-state index contributed by atoms with van der Waals surface area (Å²) in [6.45, 7) is 10.5. The number of hydrogen-bond donors (Lipinski definition) is 0. The van der Waals surface area contributed by atoms with Gasteiger partial charge in [-0.05, 0) is 82.2 Å². The molecule has 0 aromatic heterocycles. The largest absolute Gasteiger partial charge is 0.493 e. The van der Waals surface area contributed by atoms with Crippen LogP contribution in [0.4, 0.5) is 0 Å². The maximum absolute atomic E-state index is 12.6. The Labute approximate surface area is 196 Å². The summed E-state index contributed by atoms with van der Waals surface area (Å²) in [4.78, 5) is 24.4. The van der Waals surface area contributed by atoms with Gasteiger partial charge in [0.15, 0.2) is 5.78 Å². The Morgan fingerprint density at radius 2 is 1.48 bits per heavy atom. The highest BCUT2D eigenvalue weighted by molar-refractivity contribution is 6.07. The summed E-state index contributed by atoms with van der Waals surface area (Å²) in [6.07, 6.45) is 5.06. The molecule has 178 valence electrons. The minimum absolute atomic E-state index is 0.145. The Morgan fingerprint density at radius 1 is 0.848 bits per heavy atom. The standard InChI is InChI=1S/C27H34O6/c1-6-16-30-23-14-10-21(25(18-23)31-17-7-2)11-15-24(28)20-8-12-22(13-9-20)32-19-33-26(29)27(3,4)5/h8-15,18H,6-7,16-17,19H2,1-5H3. The normalized spacial score (nSPS) is 11.3. The predicted molar refractivity (Wildman–Crippen MR) is 129 cm³/mol. The minimum Gasteiger partial charge on any atom is -0.493 e. The molecular weight excluding hydrogens is 420 g/mol. The van der Waals surface area contributed by atoms with Gasteiger partial charge in [-0.25, -0.2) is 0 Å². The van der Waals surface area contributed by atoms with Crippen molar-refractivity contribution in [2.45, 2.75) is 47.5 Å². The van der Waals surface area contributed by atoms with Crippen molar-refractivity contribution in [1.29, 1.82) is 0 Å². The molecule has 0 amide bonds. The molecule has 0 atom stereocenters. The lowest BCUT2D eigenvalue weighted by molar-refractivity contribution is -0.159. The van der Waals surface area contributed by atoms with Crippen LogP contribution >= 0.6 is 0 Å². The number of rotatable bonds is 12. The maximum Gasteiger partial charge on any atom is 0.314 e. The molecule has 0 saturated heterocycles. The summed E-state index contributed by atoms with van der Waals surface area (Å²) in [7, 11) is 0.